The van der Waals surface area contributed by atoms with Crippen molar-refractivity contribution in [3.63, 3.8) is 0 Å². The molecule has 0 radical (unpaired) electrons. The zero-order valence-corrected chi connectivity index (χ0v) is 8.62. The molecule has 1 aliphatic carbocycles. The van der Waals surface area contributed by atoms with Gasteiger partial charge >= 0.3 is 0 Å². The third-order valence-electron chi connectivity index (χ3n) is 3.35. The van der Waals surface area contributed by atoms with Crippen LogP contribution in [0, 0.1) is 0 Å². The lowest BCUT2D eigenvalue weighted by Crippen LogP contribution is -2.45. The van der Waals surface area contributed by atoms with Gasteiger partial charge in [-0.3, -0.25) is 4.79 Å². The Kier molecular flexibility index (Phi) is 2.49. The Labute approximate surface area is 84.3 Å². The van der Waals surface area contributed by atoms with E-state index in [0.717, 1.165) is 32.4 Å². The zero-order chi connectivity index (χ0) is 10.2. The predicted molar refractivity (Wildman–Crippen MR) is 52.8 cm³/mol. The fourth-order valence-corrected chi connectivity index (χ4v) is 2.24. The molecule has 1 aliphatic heterocycles. The second-order valence-electron chi connectivity index (χ2n) is 4.27. The van der Waals surface area contributed by atoms with Gasteiger partial charge in [-0.2, -0.15) is 0 Å². The highest BCUT2D eigenvalue weighted by atomic mass is 16.3. The molecular formula is C10H18N2O2. The summed E-state index contributed by atoms with van der Waals surface area (Å²) >= 11 is 0. The minimum atomic E-state index is -0.179. The second-order valence-corrected chi connectivity index (χ2v) is 4.27. The number of rotatable bonds is 4. The number of hydrogen-bond acceptors (Lipinski definition) is 3. The van der Waals surface area contributed by atoms with E-state index in [9.17, 15) is 9.90 Å². The van der Waals surface area contributed by atoms with Crippen LogP contribution in [-0.4, -0.2) is 47.2 Å². The summed E-state index contributed by atoms with van der Waals surface area (Å²) in [6.07, 6.45) is 2.82. The van der Waals surface area contributed by atoms with E-state index in [1.807, 2.05) is 11.8 Å². The van der Waals surface area contributed by atoms with E-state index in [1.165, 1.54) is 0 Å². The highest BCUT2D eigenvalue weighted by Crippen LogP contribution is 2.43. The number of carbonyl (C=O) groups excluding carboxylic acids is 1. The number of likely N-dealkylation sites (tertiary alicyclic amines) is 1. The lowest BCUT2D eigenvalue weighted by molar-refractivity contribution is -0.133. The van der Waals surface area contributed by atoms with Crippen molar-refractivity contribution in [2.45, 2.75) is 37.8 Å². The fraction of sp³-hybridized carbons (Fsp3) is 0.900. The lowest BCUT2D eigenvalue weighted by atomic mass is 10.2. The van der Waals surface area contributed by atoms with Crippen LogP contribution in [-0.2, 0) is 4.79 Å². The molecule has 80 valence electrons. The average molecular weight is 198 g/mol. The molecule has 1 heterocycles. The molecule has 1 unspecified atom stereocenters. The monoisotopic (exact) mass is 198 g/mol. The van der Waals surface area contributed by atoms with Gasteiger partial charge in [-0.25, -0.2) is 0 Å². The molecule has 0 bridgehead atoms. The van der Waals surface area contributed by atoms with Crippen LogP contribution >= 0.6 is 0 Å². The second kappa shape index (κ2) is 3.51. The Morgan fingerprint density at radius 2 is 2.36 bits per heavy atom. The molecule has 0 spiro atoms. The molecule has 2 N–H and O–H groups in total. The van der Waals surface area contributed by atoms with Gasteiger partial charge in [0, 0.05) is 6.54 Å². The van der Waals surface area contributed by atoms with Crippen molar-refractivity contribution in [3.05, 3.63) is 0 Å². The zero-order valence-electron chi connectivity index (χ0n) is 8.62. The van der Waals surface area contributed by atoms with Crippen LogP contribution in [0.15, 0.2) is 0 Å². The highest BCUT2D eigenvalue weighted by molar-refractivity contribution is 5.85. The van der Waals surface area contributed by atoms with E-state index in [4.69, 9.17) is 0 Å². The number of likely N-dealkylation sites (N-methyl/N-ethyl adjacent to an activating group) is 1. The summed E-state index contributed by atoms with van der Waals surface area (Å²) in [4.78, 5) is 13.8. The molecule has 1 amide bonds. The molecule has 2 fully saturated rings. The minimum Gasteiger partial charge on any atom is -0.394 e. The third-order valence-corrected chi connectivity index (χ3v) is 3.35. The molecule has 1 saturated heterocycles. The van der Waals surface area contributed by atoms with Crippen LogP contribution in [0.5, 0.6) is 0 Å². The molecule has 0 aromatic carbocycles. The molecule has 1 saturated carbocycles. The van der Waals surface area contributed by atoms with Gasteiger partial charge in [-0.15, -0.1) is 0 Å². The maximum atomic E-state index is 11.9. The normalized spacial score (nSPS) is 29.7. The molecule has 2 rings (SSSR count). The summed E-state index contributed by atoms with van der Waals surface area (Å²) in [5.74, 6) is 0.179. The molecule has 0 aromatic heterocycles. The first kappa shape index (κ1) is 9.93. The molecule has 2 aliphatic rings. The van der Waals surface area contributed by atoms with Crippen molar-refractivity contribution < 1.29 is 9.90 Å². The van der Waals surface area contributed by atoms with Crippen molar-refractivity contribution in [1.29, 1.82) is 0 Å². The quantitative estimate of drug-likeness (QED) is 0.653. The van der Waals surface area contributed by atoms with E-state index in [2.05, 4.69) is 5.32 Å². The maximum absolute atomic E-state index is 11.9. The first-order chi connectivity index (χ1) is 6.73. The fourth-order valence-electron chi connectivity index (χ4n) is 2.24. The van der Waals surface area contributed by atoms with Crippen LogP contribution in [0.4, 0.5) is 0 Å². The molecular weight excluding hydrogens is 180 g/mol. The number of carbonyl (C=O) groups is 1. The molecule has 1 atom stereocenters. The van der Waals surface area contributed by atoms with Crippen molar-refractivity contribution >= 4 is 5.91 Å². The first-order valence-corrected chi connectivity index (χ1v) is 5.39. The van der Waals surface area contributed by atoms with Crippen LogP contribution in [0.25, 0.3) is 0 Å². The Balaban J connectivity index is 2.00. The van der Waals surface area contributed by atoms with Crippen LogP contribution < -0.4 is 5.32 Å². The Bertz CT molecular complexity index is 238. The van der Waals surface area contributed by atoms with E-state index >= 15 is 0 Å². The van der Waals surface area contributed by atoms with E-state index in [-0.39, 0.29) is 24.1 Å². The first-order valence-electron chi connectivity index (χ1n) is 5.39. The number of nitrogens with zero attached hydrogens (tertiary/aromatic N) is 1. The summed E-state index contributed by atoms with van der Waals surface area (Å²) in [6, 6.07) is -0.0102. The lowest BCUT2D eigenvalue weighted by Gasteiger charge is -2.26. The number of aliphatic hydroxyl groups is 1. The van der Waals surface area contributed by atoms with E-state index in [1.54, 1.807) is 0 Å². The van der Waals surface area contributed by atoms with Gasteiger partial charge in [0.2, 0.25) is 5.91 Å². The number of aliphatic hydroxyl groups excluding tert-OH is 1. The Hall–Kier alpha value is -0.610. The van der Waals surface area contributed by atoms with Crippen molar-refractivity contribution in [2.75, 3.05) is 19.7 Å². The molecule has 4 heteroatoms. The van der Waals surface area contributed by atoms with Gasteiger partial charge in [-0.1, -0.05) is 6.92 Å². The van der Waals surface area contributed by atoms with Crippen LogP contribution in [0.3, 0.4) is 0 Å². The maximum Gasteiger partial charge on any atom is 0.240 e. The highest BCUT2D eigenvalue weighted by Gasteiger charge is 2.52. The van der Waals surface area contributed by atoms with Gasteiger partial charge in [0.05, 0.1) is 18.2 Å². The predicted octanol–water partition coefficient (Wildman–Crippen LogP) is -0.278. The van der Waals surface area contributed by atoms with Crippen LogP contribution in [0.2, 0.25) is 0 Å². The smallest absolute Gasteiger partial charge is 0.240 e. The average Bonchev–Trinajstić information content (AvgIpc) is 2.90. The van der Waals surface area contributed by atoms with Gasteiger partial charge in [0.15, 0.2) is 0 Å². The van der Waals surface area contributed by atoms with Crippen molar-refractivity contribution in [2.24, 2.45) is 0 Å². The van der Waals surface area contributed by atoms with Crippen LogP contribution in [0.1, 0.15) is 26.2 Å². The number of nitrogens with one attached hydrogen (secondary N) is 1. The van der Waals surface area contributed by atoms with Gasteiger partial charge in [0.25, 0.3) is 0 Å². The summed E-state index contributed by atoms with van der Waals surface area (Å²) in [5.41, 5.74) is -0.179. The summed E-state index contributed by atoms with van der Waals surface area (Å²) in [7, 11) is 0. The Morgan fingerprint density at radius 3 is 2.86 bits per heavy atom. The molecule has 0 aromatic rings. The van der Waals surface area contributed by atoms with Crippen molar-refractivity contribution in [3.8, 4) is 0 Å². The largest absolute Gasteiger partial charge is 0.394 e. The number of amides is 1. The number of hydrogen-bond donors (Lipinski definition) is 2. The van der Waals surface area contributed by atoms with Gasteiger partial charge < -0.3 is 15.3 Å². The SMILES string of the molecule is CCNC1CCN(C2(CO)CC2)C1=O. The Morgan fingerprint density at radius 1 is 1.64 bits per heavy atom. The molecule has 4 nitrogen and oxygen atoms in total. The summed E-state index contributed by atoms with van der Waals surface area (Å²) in [5, 5.41) is 12.4. The standard InChI is InChI=1S/C10H18N2O2/c1-2-11-8-3-6-12(9(8)14)10(7-13)4-5-10/h8,11,13H,2-7H2,1H3. The summed E-state index contributed by atoms with van der Waals surface area (Å²) < 4.78 is 0. The van der Waals surface area contributed by atoms with Crippen molar-refractivity contribution in [1.82, 2.24) is 10.2 Å². The van der Waals surface area contributed by atoms with E-state index in [0.29, 0.717) is 0 Å². The topological polar surface area (TPSA) is 52.6 Å². The minimum absolute atomic E-state index is 0.0102. The van der Waals surface area contributed by atoms with E-state index < -0.39 is 0 Å². The van der Waals surface area contributed by atoms with Gasteiger partial charge in [-0.05, 0) is 25.8 Å². The third kappa shape index (κ3) is 1.42. The van der Waals surface area contributed by atoms with Gasteiger partial charge in [0.1, 0.15) is 0 Å². The molecule has 14 heavy (non-hydrogen) atoms. The summed E-state index contributed by atoms with van der Waals surface area (Å²) in [6.45, 7) is 3.76.